The second-order valence-corrected chi connectivity index (χ2v) is 8.66. The molecular weight excluding hydrogens is 431 g/mol. The lowest BCUT2D eigenvalue weighted by Gasteiger charge is -2.22. The van der Waals surface area contributed by atoms with Gasteiger partial charge in [-0.3, -0.25) is 9.59 Å². The molecule has 0 unspecified atom stereocenters. The second-order valence-electron chi connectivity index (χ2n) is 8.66. The van der Waals surface area contributed by atoms with Gasteiger partial charge in [-0.05, 0) is 79.6 Å². The summed E-state index contributed by atoms with van der Waals surface area (Å²) in [6, 6.07) is 18.4. The van der Waals surface area contributed by atoms with E-state index in [0.717, 1.165) is 29.4 Å². The number of halogens is 1. The van der Waals surface area contributed by atoms with E-state index in [4.69, 9.17) is 0 Å². The third-order valence-corrected chi connectivity index (χ3v) is 6.21. The van der Waals surface area contributed by atoms with Crippen molar-refractivity contribution >= 4 is 28.5 Å². The molecule has 0 atom stereocenters. The number of rotatable bonds is 5. The highest BCUT2D eigenvalue weighted by atomic mass is 19.1. The van der Waals surface area contributed by atoms with Crippen LogP contribution in [0.2, 0.25) is 0 Å². The number of aromatic nitrogens is 2. The molecular formula is C27H25FN4O2. The summed E-state index contributed by atoms with van der Waals surface area (Å²) in [6.45, 7) is 0. The molecule has 1 saturated carbocycles. The molecule has 3 N–H and O–H groups in total. The van der Waals surface area contributed by atoms with E-state index >= 15 is 0 Å². The minimum Gasteiger partial charge on any atom is -0.349 e. The fourth-order valence-corrected chi connectivity index (χ4v) is 4.32. The fraction of sp³-hybridized carbons (Fsp3) is 0.222. The van der Waals surface area contributed by atoms with Crippen LogP contribution in [-0.2, 0) is 0 Å². The van der Waals surface area contributed by atoms with Crippen molar-refractivity contribution < 1.29 is 14.0 Å². The number of nitrogens with zero attached hydrogens (tertiary/aromatic N) is 1. The monoisotopic (exact) mass is 456 g/mol. The normalized spacial score (nSPS) is 14.1. The summed E-state index contributed by atoms with van der Waals surface area (Å²) in [6.07, 6.45) is 5.67. The van der Waals surface area contributed by atoms with Crippen molar-refractivity contribution in [3.05, 3.63) is 83.7 Å². The number of hydrogen-bond donors (Lipinski definition) is 3. The zero-order valence-corrected chi connectivity index (χ0v) is 18.6. The van der Waals surface area contributed by atoms with E-state index in [0.29, 0.717) is 22.6 Å². The predicted octanol–water partition coefficient (Wildman–Crippen LogP) is 5.68. The molecule has 3 aromatic carbocycles. The standard InChI is InChI=1S/C27H25FN4O2/c28-20-11-6-18(7-12-20)26(33)30-22-13-8-17(9-14-22)25-31-23-15-10-19(16-24(23)32-25)27(34)29-21-4-2-1-3-5-21/h6-16,21H,1-5H2,(H,29,34)(H,30,33)(H,31,32). The van der Waals surface area contributed by atoms with Crippen molar-refractivity contribution in [3.63, 3.8) is 0 Å². The molecule has 6 nitrogen and oxygen atoms in total. The highest BCUT2D eigenvalue weighted by molar-refractivity contribution is 6.04. The van der Waals surface area contributed by atoms with Crippen LogP contribution in [0, 0.1) is 5.82 Å². The van der Waals surface area contributed by atoms with Gasteiger partial charge >= 0.3 is 0 Å². The van der Waals surface area contributed by atoms with Gasteiger partial charge < -0.3 is 15.6 Å². The van der Waals surface area contributed by atoms with E-state index in [2.05, 4.69) is 20.6 Å². The first kappa shape index (κ1) is 21.8. The van der Waals surface area contributed by atoms with Crippen molar-refractivity contribution in [2.45, 2.75) is 38.1 Å². The number of carbonyl (C=O) groups excluding carboxylic acids is 2. The predicted molar refractivity (Wildman–Crippen MR) is 130 cm³/mol. The summed E-state index contributed by atoms with van der Waals surface area (Å²) in [7, 11) is 0. The lowest BCUT2D eigenvalue weighted by Crippen LogP contribution is -2.36. The van der Waals surface area contributed by atoms with Crippen molar-refractivity contribution in [2.75, 3.05) is 5.32 Å². The van der Waals surface area contributed by atoms with E-state index in [1.54, 1.807) is 12.1 Å². The number of fused-ring (bicyclic) bond motifs is 1. The third-order valence-electron chi connectivity index (χ3n) is 6.21. The molecule has 5 rings (SSSR count). The number of anilines is 1. The Morgan fingerprint density at radius 2 is 1.56 bits per heavy atom. The highest BCUT2D eigenvalue weighted by Gasteiger charge is 2.17. The Kier molecular flexibility index (Phi) is 6.08. The maximum atomic E-state index is 13.1. The van der Waals surface area contributed by atoms with Crippen molar-refractivity contribution in [2.24, 2.45) is 0 Å². The molecule has 34 heavy (non-hydrogen) atoms. The van der Waals surface area contributed by atoms with Gasteiger partial charge in [0.1, 0.15) is 11.6 Å². The van der Waals surface area contributed by atoms with Gasteiger partial charge in [-0.25, -0.2) is 9.37 Å². The molecule has 1 aliphatic carbocycles. The summed E-state index contributed by atoms with van der Waals surface area (Å²) in [4.78, 5) is 32.9. The van der Waals surface area contributed by atoms with Crippen LogP contribution in [0.25, 0.3) is 22.4 Å². The van der Waals surface area contributed by atoms with Crippen LogP contribution in [-0.4, -0.2) is 27.8 Å². The van der Waals surface area contributed by atoms with E-state index < -0.39 is 0 Å². The van der Waals surface area contributed by atoms with Crippen LogP contribution >= 0.6 is 0 Å². The number of imidazole rings is 1. The van der Waals surface area contributed by atoms with Gasteiger partial charge in [-0.15, -0.1) is 0 Å². The SMILES string of the molecule is O=C(Nc1ccc(-c2nc3cc(C(=O)NC4CCCCC4)ccc3[nH]2)cc1)c1ccc(F)cc1. The van der Waals surface area contributed by atoms with Crippen molar-refractivity contribution in [1.82, 2.24) is 15.3 Å². The number of carbonyl (C=O) groups is 2. The molecule has 1 aliphatic rings. The minimum absolute atomic E-state index is 0.0559. The Labute approximate surface area is 196 Å². The van der Waals surface area contributed by atoms with Crippen LogP contribution in [0.1, 0.15) is 52.8 Å². The molecule has 0 aliphatic heterocycles. The molecule has 1 aromatic heterocycles. The molecule has 7 heteroatoms. The number of amides is 2. The summed E-state index contributed by atoms with van der Waals surface area (Å²) in [5.41, 5.74) is 4.03. The zero-order chi connectivity index (χ0) is 23.5. The molecule has 2 amide bonds. The average molecular weight is 457 g/mol. The molecule has 4 aromatic rings. The van der Waals surface area contributed by atoms with Gasteiger partial charge in [0.2, 0.25) is 0 Å². The fourth-order valence-electron chi connectivity index (χ4n) is 4.32. The van der Waals surface area contributed by atoms with Crippen LogP contribution in [0.3, 0.4) is 0 Å². The second kappa shape index (κ2) is 9.47. The number of H-pyrrole nitrogens is 1. The van der Waals surface area contributed by atoms with E-state index in [1.165, 1.54) is 43.5 Å². The Hall–Kier alpha value is -4.00. The summed E-state index contributed by atoms with van der Waals surface area (Å²) in [5, 5.41) is 5.94. The number of aromatic amines is 1. The molecule has 172 valence electrons. The number of benzene rings is 3. The van der Waals surface area contributed by atoms with E-state index in [9.17, 15) is 14.0 Å². The van der Waals surface area contributed by atoms with Crippen LogP contribution < -0.4 is 10.6 Å². The number of hydrogen-bond acceptors (Lipinski definition) is 3. The quantitative estimate of drug-likeness (QED) is 0.361. The van der Waals surface area contributed by atoms with Crippen molar-refractivity contribution in [1.29, 1.82) is 0 Å². The van der Waals surface area contributed by atoms with Gasteiger partial charge in [-0.1, -0.05) is 19.3 Å². The molecule has 1 fully saturated rings. The Bertz CT molecular complexity index is 1320. The van der Waals surface area contributed by atoms with Crippen LogP contribution in [0.15, 0.2) is 66.7 Å². The molecule has 0 saturated heterocycles. The smallest absolute Gasteiger partial charge is 0.255 e. The summed E-state index contributed by atoms with van der Waals surface area (Å²) < 4.78 is 13.1. The lowest BCUT2D eigenvalue weighted by molar-refractivity contribution is 0.0927. The van der Waals surface area contributed by atoms with Crippen LogP contribution in [0.4, 0.5) is 10.1 Å². The van der Waals surface area contributed by atoms with E-state index in [-0.39, 0.29) is 23.7 Å². The van der Waals surface area contributed by atoms with Gasteiger partial charge in [0, 0.05) is 28.4 Å². The first-order valence-electron chi connectivity index (χ1n) is 11.5. The third kappa shape index (κ3) is 4.83. The molecule has 0 spiro atoms. The molecule has 0 bridgehead atoms. The van der Waals surface area contributed by atoms with Gasteiger partial charge in [0.15, 0.2) is 0 Å². The highest BCUT2D eigenvalue weighted by Crippen LogP contribution is 2.24. The van der Waals surface area contributed by atoms with E-state index in [1.807, 2.05) is 30.3 Å². The maximum absolute atomic E-state index is 13.1. The summed E-state index contributed by atoms with van der Waals surface area (Å²) >= 11 is 0. The zero-order valence-electron chi connectivity index (χ0n) is 18.6. The first-order chi connectivity index (χ1) is 16.5. The largest absolute Gasteiger partial charge is 0.349 e. The topological polar surface area (TPSA) is 86.9 Å². The molecule has 1 heterocycles. The maximum Gasteiger partial charge on any atom is 0.255 e. The Morgan fingerprint density at radius 3 is 2.29 bits per heavy atom. The van der Waals surface area contributed by atoms with Gasteiger partial charge in [0.05, 0.1) is 11.0 Å². The average Bonchev–Trinajstić information content (AvgIpc) is 3.29. The minimum atomic E-state index is -0.385. The van der Waals surface area contributed by atoms with Gasteiger partial charge in [-0.2, -0.15) is 0 Å². The Morgan fingerprint density at radius 1 is 0.853 bits per heavy atom. The summed E-state index contributed by atoms with van der Waals surface area (Å²) in [5.74, 6) is -0.0740. The first-order valence-corrected chi connectivity index (χ1v) is 11.5. The van der Waals surface area contributed by atoms with Gasteiger partial charge in [0.25, 0.3) is 11.8 Å². The van der Waals surface area contributed by atoms with Crippen LogP contribution in [0.5, 0.6) is 0 Å². The van der Waals surface area contributed by atoms with Crippen molar-refractivity contribution in [3.8, 4) is 11.4 Å². The Balaban J connectivity index is 1.28. The lowest BCUT2D eigenvalue weighted by atomic mass is 9.95. The number of nitrogens with one attached hydrogen (secondary N) is 3. The molecule has 0 radical (unpaired) electrons.